The molecule has 0 N–H and O–H groups in total. The zero-order valence-electron chi connectivity index (χ0n) is 9.09. The van der Waals surface area contributed by atoms with Gasteiger partial charge in [0.1, 0.15) is 11.3 Å². The second kappa shape index (κ2) is 3.95. The van der Waals surface area contributed by atoms with E-state index < -0.39 is 11.6 Å². The van der Waals surface area contributed by atoms with Crippen LogP contribution in [0.5, 0.6) is 0 Å². The first-order valence-electron chi connectivity index (χ1n) is 5.63. The normalized spacial score (nSPS) is 15.7. The first-order valence-corrected chi connectivity index (χ1v) is 6.16. The minimum absolute atomic E-state index is 0.259. The average molecular weight is 257 g/mol. The predicted octanol–water partition coefficient (Wildman–Crippen LogP) is 3.43. The molecular weight excluding hydrogens is 246 g/mol. The summed E-state index contributed by atoms with van der Waals surface area (Å²) in [4.78, 5) is 4.34. The van der Waals surface area contributed by atoms with Crippen LogP contribution in [0, 0.1) is 11.6 Å². The zero-order valence-corrected chi connectivity index (χ0v) is 9.84. The van der Waals surface area contributed by atoms with Crippen molar-refractivity contribution in [2.24, 2.45) is 0 Å². The van der Waals surface area contributed by atoms with Gasteiger partial charge in [-0.15, -0.1) is 11.6 Å². The maximum atomic E-state index is 13.8. The maximum Gasteiger partial charge on any atom is 0.184 e. The molecule has 0 saturated heterocycles. The van der Waals surface area contributed by atoms with Crippen molar-refractivity contribution in [2.75, 3.05) is 5.88 Å². The van der Waals surface area contributed by atoms with E-state index in [1.54, 1.807) is 0 Å². The largest absolute Gasteiger partial charge is 0.322 e. The van der Waals surface area contributed by atoms with E-state index >= 15 is 0 Å². The summed E-state index contributed by atoms with van der Waals surface area (Å²) in [7, 11) is 0. The minimum Gasteiger partial charge on any atom is -0.322 e. The maximum absolute atomic E-state index is 13.8. The number of imidazole rings is 1. The lowest BCUT2D eigenvalue weighted by atomic mass is 10.3. The van der Waals surface area contributed by atoms with Crippen molar-refractivity contribution in [3.63, 3.8) is 0 Å². The topological polar surface area (TPSA) is 17.8 Å². The lowest BCUT2D eigenvalue weighted by molar-refractivity contribution is 0.510. The van der Waals surface area contributed by atoms with Gasteiger partial charge in [-0.2, -0.15) is 0 Å². The van der Waals surface area contributed by atoms with Gasteiger partial charge in [-0.3, -0.25) is 0 Å². The van der Waals surface area contributed by atoms with Gasteiger partial charge in [-0.1, -0.05) is 0 Å². The standard InChI is InChI=1S/C12H11ClF2N2/c13-6-5-10-16-9-4-3-8(14)11(15)12(9)17(10)7-1-2-7/h3-4,7H,1-2,5-6H2. The van der Waals surface area contributed by atoms with Crippen molar-refractivity contribution >= 4 is 22.6 Å². The third kappa shape index (κ3) is 1.71. The van der Waals surface area contributed by atoms with Crippen molar-refractivity contribution in [1.82, 2.24) is 9.55 Å². The molecule has 1 aliphatic carbocycles. The van der Waals surface area contributed by atoms with Crippen LogP contribution in [-0.2, 0) is 6.42 Å². The highest BCUT2D eigenvalue weighted by atomic mass is 35.5. The summed E-state index contributed by atoms with van der Waals surface area (Å²) >= 11 is 5.71. The smallest absolute Gasteiger partial charge is 0.184 e. The highest BCUT2D eigenvalue weighted by Gasteiger charge is 2.29. The highest BCUT2D eigenvalue weighted by Crippen LogP contribution is 2.39. The molecule has 1 fully saturated rings. The van der Waals surface area contributed by atoms with Crippen LogP contribution in [0.3, 0.4) is 0 Å². The highest BCUT2D eigenvalue weighted by molar-refractivity contribution is 6.17. The second-order valence-corrected chi connectivity index (χ2v) is 4.68. The van der Waals surface area contributed by atoms with E-state index in [9.17, 15) is 8.78 Å². The van der Waals surface area contributed by atoms with E-state index in [2.05, 4.69) is 4.98 Å². The molecule has 0 spiro atoms. The Morgan fingerprint density at radius 3 is 2.76 bits per heavy atom. The summed E-state index contributed by atoms with van der Waals surface area (Å²) in [5.41, 5.74) is 0.795. The fourth-order valence-electron chi connectivity index (χ4n) is 2.16. The molecular formula is C12H11ClF2N2. The molecule has 3 rings (SSSR count). The number of halogens is 3. The van der Waals surface area contributed by atoms with Gasteiger partial charge in [0.25, 0.3) is 0 Å². The van der Waals surface area contributed by atoms with Crippen LogP contribution >= 0.6 is 11.6 Å². The Balaban J connectivity index is 2.28. The van der Waals surface area contributed by atoms with E-state index in [0.29, 0.717) is 17.8 Å². The molecule has 1 aliphatic rings. The SMILES string of the molecule is Fc1ccc2nc(CCCl)n(C3CC3)c2c1F. The monoisotopic (exact) mass is 256 g/mol. The number of rotatable bonds is 3. The lowest BCUT2D eigenvalue weighted by Gasteiger charge is -2.06. The van der Waals surface area contributed by atoms with Crippen molar-refractivity contribution in [2.45, 2.75) is 25.3 Å². The Morgan fingerprint density at radius 2 is 2.12 bits per heavy atom. The summed E-state index contributed by atoms with van der Waals surface area (Å²) < 4.78 is 28.9. The first-order chi connectivity index (χ1) is 8.22. The van der Waals surface area contributed by atoms with Crippen LogP contribution in [0.25, 0.3) is 11.0 Å². The van der Waals surface area contributed by atoms with Crippen molar-refractivity contribution < 1.29 is 8.78 Å². The summed E-state index contributed by atoms with van der Waals surface area (Å²) in [6, 6.07) is 2.89. The summed E-state index contributed by atoms with van der Waals surface area (Å²) in [5.74, 6) is -0.443. The fraction of sp³-hybridized carbons (Fsp3) is 0.417. The number of fused-ring (bicyclic) bond motifs is 1. The molecule has 5 heteroatoms. The number of aryl methyl sites for hydroxylation is 1. The molecule has 1 aromatic heterocycles. The molecule has 0 unspecified atom stereocenters. The number of hydrogen-bond acceptors (Lipinski definition) is 1. The molecule has 90 valence electrons. The predicted molar refractivity (Wildman–Crippen MR) is 62.3 cm³/mol. The third-order valence-electron chi connectivity index (χ3n) is 3.05. The Morgan fingerprint density at radius 1 is 1.35 bits per heavy atom. The number of aromatic nitrogens is 2. The number of hydrogen-bond donors (Lipinski definition) is 0. The quantitative estimate of drug-likeness (QED) is 0.770. The van der Waals surface area contributed by atoms with Gasteiger partial charge in [0.15, 0.2) is 11.6 Å². The van der Waals surface area contributed by atoms with Gasteiger partial charge in [-0.05, 0) is 25.0 Å². The average Bonchev–Trinajstić information content (AvgIpc) is 3.07. The van der Waals surface area contributed by atoms with E-state index in [-0.39, 0.29) is 11.6 Å². The molecule has 1 saturated carbocycles. The van der Waals surface area contributed by atoms with Gasteiger partial charge in [-0.25, -0.2) is 13.8 Å². The van der Waals surface area contributed by atoms with E-state index in [1.807, 2.05) is 4.57 Å². The van der Waals surface area contributed by atoms with Crippen molar-refractivity contribution in [1.29, 1.82) is 0 Å². The molecule has 0 radical (unpaired) electrons. The first kappa shape index (κ1) is 11.0. The Bertz CT molecular complexity index is 575. The van der Waals surface area contributed by atoms with Crippen LogP contribution in [0.4, 0.5) is 8.78 Å². The summed E-state index contributed by atoms with van der Waals surface area (Å²) in [6.07, 6.45) is 2.57. The van der Waals surface area contributed by atoms with Crippen molar-refractivity contribution in [3.8, 4) is 0 Å². The van der Waals surface area contributed by atoms with Gasteiger partial charge in [0.05, 0.1) is 5.52 Å². The van der Waals surface area contributed by atoms with Gasteiger partial charge >= 0.3 is 0 Å². The molecule has 2 nitrogen and oxygen atoms in total. The molecule has 1 heterocycles. The van der Waals surface area contributed by atoms with Gasteiger partial charge in [0, 0.05) is 18.3 Å². The van der Waals surface area contributed by atoms with E-state index in [0.717, 1.165) is 24.7 Å². The van der Waals surface area contributed by atoms with Crippen LogP contribution in [0.2, 0.25) is 0 Å². The van der Waals surface area contributed by atoms with Crippen LogP contribution in [-0.4, -0.2) is 15.4 Å². The fourth-order valence-corrected chi connectivity index (χ4v) is 2.33. The van der Waals surface area contributed by atoms with Crippen molar-refractivity contribution in [3.05, 3.63) is 29.6 Å². The number of nitrogens with zero attached hydrogens (tertiary/aromatic N) is 2. The van der Waals surface area contributed by atoms with E-state index in [4.69, 9.17) is 11.6 Å². The van der Waals surface area contributed by atoms with Crippen LogP contribution in [0.1, 0.15) is 24.7 Å². The molecule has 0 bridgehead atoms. The Labute approximate surface area is 102 Å². The second-order valence-electron chi connectivity index (χ2n) is 4.30. The van der Waals surface area contributed by atoms with Gasteiger partial charge < -0.3 is 4.57 Å². The Hall–Kier alpha value is -1.16. The molecule has 17 heavy (non-hydrogen) atoms. The molecule has 0 atom stereocenters. The molecule has 1 aromatic carbocycles. The third-order valence-corrected chi connectivity index (χ3v) is 3.24. The molecule has 0 aliphatic heterocycles. The van der Waals surface area contributed by atoms with E-state index in [1.165, 1.54) is 6.07 Å². The van der Waals surface area contributed by atoms with Gasteiger partial charge in [0.2, 0.25) is 0 Å². The minimum atomic E-state index is -0.822. The summed E-state index contributed by atoms with van der Waals surface area (Å²) in [5, 5.41) is 0. The zero-order chi connectivity index (χ0) is 12.0. The van der Waals surface area contributed by atoms with Crippen LogP contribution in [0.15, 0.2) is 12.1 Å². The molecule has 0 amide bonds. The number of benzene rings is 1. The van der Waals surface area contributed by atoms with Crippen LogP contribution < -0.4 is 0 Å². The Kier molecular flexibility index (Phi) is 2.54. The molecule has 2 aromatic rings. The summed E-state index contributed by atoms with van der Waals surface area (Å²) in [6.45, 7) is 0. The lowest BCUT2D eigenvalue weighted by Crippen LogP contribution is -2.03. The number of alkyl halides is 1.